The number of Topliss-reactive ketones (excluding diaryl/α,β-unsaturated/α-hetero) is 1. The fourth-order valence-corrected chi connectivity index (χ4v) is 4.01. The number of benzene rings is 2. The Morgan fingerprint density at radius 2 is 1.52 bits per heavy atom. The maximum Gasteiger partial charge on any atom is 0.328 e. The SMILES string of the molecule is CC1(C)OC(=O)C2(C(=O)O1)[C@H](C(=O)c1ccccc1)[C@@H]2c1ccc([N+](=O)[O-])cc1. The second-order valence-corrected chi connectivity index (χ2v) is 7.58. The molecule has 1 aliphatic heterocycles. The molecule has 4 rings (SSSR count). The molecular formula is C21H17NO7. The molecule has 29 heavy (non-hydrogen) atoms. The minimum absolute atomic E-state index is 0.135. The number of hydrogen-bond donors (Lipinski definition) is 0. The molecule has 1 aliphatic carbocycles. The monoisotopic (exact) mass is 395 g/mol. The van der Waals surface area contributed by atoms with Crippen LogP contribution in [0.25, 0.3) is 0 Å². The van der Waals surface area contributed by atoms with Crippen LogP contribution in [0.5, 0.6) is 0 Å². The number of ether oxygens (including phenoxy) is 2. The smallest absolute Gasteiger partial charge is 0.328 e. The fraction of sp³-hybridized carbons (Fsp3) is 0.286. The summed E-state index contributed by atoms with van der Waals surface area (Å²) in [5, 5.41) is 10.9. The molecule has 8 nitrogen and oxygen atoms in total. The van der Waals surface area contributed by atoms with Gasteiger partial charge in [0.05, 0.1) is 10.8 Å². The van der Waals surface area contributed by atoms with E-state index in [1.165, 1.54) is 38.1 Å². The van der Waals surface area contributed by atoms with Crippen molar-refractivity contribution in [1.29, 1.82) is 0 Å². The maximum atomic E-state index is 13.2. The molecule has 2 fully saturated rings. The van der Waals surface area contributed by atoms with Gasteiger partial charge in [0.2, 0.25) is 0 Å². The molecule has 0 radical (unpaired) electrons. The molecule has 2 aromatic carbocycles. The number of esters is 2. The molecule has 0 aromatic heterocycles. The van der Waals surface area contributed by atoms with Crippen LogP contribution in [-0.4, -0.2) is 28.4 Å². The highest BCUT2D eigenvalue weighted by Crippen LogP contribution is 2.68. The summed E-state index contributed by atoms with van der Waals surface area (Å²) in [5.41, 5.74) is -1.12. The van der Waals surface area contributed by atoms with Crippen molar-refractivity contribution in [2.75, 3.05) is 0 Å². The first kappa shape index (κ1) is 18.8. The van der Waals surface area contributed by atoms with E-state index in [2.05, 4.69) is 0 Å². The molecule has 2 atom stereocenters. The van der Waals surface area contributed by atoms with Crippen molar-refractivity contribution in [1.82, 2.24) is 0 Å². The van der Waals surface area contributed by atoms with Gasteiger partial charge >= 0.3 is 11.9 Å². The van der Waals surface area contributed by atoms with E-state index in [4.69, 9.17) is 9.47 Å². The van der Waals surface area contributed by atoms with Crippen molar-refractivity contribution in [2.24, 2.45) is 11.3 Å². The van der Waals surface area contributed by atoms with E-state index >= 15 is 0 Å². The summed E-state index contributed by atoms with van der Waals surface area (Å²) < 4.78 is 10.6. The van der Waals surface area contributed by atoms with Crippen molar-refractivity contribution < 1.29 is 28.8 Å². The van der Waals surface area contributed by atoms with Crippen molar-refractivity contribution in [3.8, 4) is 0 Å². The van der Waals surface area contributed by atoms with Gasteiger partial charge in [0.15, 0.2) is 11.2 Å². The highest BCUT2D eigenvalue weighted by Gasteiger charge is 2.81. The van der Waals surface area contributed by atoms with Crippen molar-refractivity contribution in [3.05, 3.63) is 75.8 Å². The van der Waals surface area contributed by atoms with Gasteiger partial charge in [0, 0.05) is 37.5 Å². The normalized spacial score (nSPS) is 23.8. The quantitative estimate of drug-likeness (QED) is 0.257. The van der Waals surface area contributed by atoms with E-state index in [0.717, 1.165) is 0 Å². The molecule has 1 saturated heterocycles. The van der Waals surface area contributed by atoms with Gasteiger partial charge < -0.3 is 9.47 Å². The molecule has 0 bridgehead atoms. The molecule has 0 N–H and O–H groups in total. The number of rotatable bonds is 4. The Morgan fingerprint density at radius 3 is 2.03 bits per heavy atom. The molecule has 2 aromatic rings. The number of carbonyl (C=O) groups is 3. The van der Waals surface area contributed by atoms with Crippen LogP contribution in [0.4, 0.5) is 5.69 Å². The minimum Gasteiger partial charge on any atom is -0.422 e. The third kappa shape index (κ3) is 2.79. The molecular weight excluding hydrogens is 378 g/mol. The largest absolute Gasteiger partial charge is 0.422 e. The molecule has 0 amide bonds. The highest BCUT2D eigenvalue weighted by atomic mass is 16.7. The first-order chi connectivity index (χ1) is 13.7. The summed E-state index contributed by atoms with van der Waals surface area (Å²) in [6, 6.07) is 13.8. The number of non-ortho nitro benzene ring substituents is 1. The lowest BCUT2D eigenvalue weighted by atomic mass is 9.95. The Labute approximate surface area is 165 Å². The van der Waals surface area contributed by atoms with Crippen LogP contribution in [0.15, 0.2) is 54.6 Å². The summed E-state index contributed by atoms with van der Waals surface area (Å²) in [5.74, 6) is -5.30. The van der Waals surface area contributed by atoms with Gasteiger partial charge in [-0.25, -0.2) is 0 Å². The van der Waals surface area contributed by atoms with Gasteiger partial charge in [-0.1, -0.05) is 42.5 Å². The zero-order valence-corrected chi connectivity index (χ0v) is 15.7. The predicted octanol–water partition coefficient (Wildman–Crippen LogP) is 3.01. The highest BCUT2D eigenvalue weighted by molar-refractivity contribution is 6.16. The summed E-state index contributed by atoms with van der Waals surface area (Å²) >= 11 is 0. The Balaban J connectivity index is 1.79. The van der Waals surface area contributed by atoms with Crippen LogP contribution in [0, 0.1) is 21.4 Å². The maximum absolute atomic E-state index is 13.2. The first-order valence-electron chi connectivity index (χ1n) is 8.99. The average molecular weight is 395 g/mol. The Morgan fingerprint density at radius 1 is 0.966 bits per heavy atom. The number of hydrogen-bond acceptors (Lipinski definition) is 7. The predicted molar refractivity (Wildman–Crippen MR) is 98.8 cm³/mol. The number of cyclic esters (lactones) is 2. The number of ketones is 1. The summed E-state index contributed by atoms with van der Waals surface area (Å²) in [6.45, 7) is 2.87. The Kier molecular flexibility index (Phi) is 4.04. The van der Waals surface area contributed by atoms with Crippen molar-refractivity contribution in [2.45, 2.75) is 25.6 Å². The molecule has 0 unspecified atom stereocenters. The van der Waals surface area contributed by atoms with Crippen LogP contribution < -0.4 is 0 Å². The molecule has 2 aliphatic rings. The lowest BCUT2D eigenvalue weighted by Crippen LogP contribution is -2.49. The minimum atomic E-state index is -1.79. The summed E-state index contributed by atoms with van der Waals surface area (Å²) in [4.78, 5) is 49.4. The van der Waals surface area contributed by atoms with Crippen molar-refractivity contribution in [3.63, 3.8) is 0 Å². The average Bonchev–Trinajstić information content (AvgIpc) is 3.37. The van der Waals surface area contributed by atoms with Crippen LogP contribution in [-0.2, 0) is 19.1 Å². The molecule has 148 valence electrons. The van der Waals surface area contributed by atoms with Crippen LogP contribution >= 0.6 is 0 Å². The Bertz CT molecular complexity index is 1010. The third-order valence-corrected chi connectivity index (χ3v) is 5.36. The second-order valence-electron chi connectivity index (χ2n) is 7.58. The molecule has 1 heterocycles. The van der Waals surface area contributed by atoms with Crippen LogP contribution in [0.1, 0.15) is 35.7 Å². The van der Waals surface area contributed by atoms with Gasteiger partial charge in [-0.3, -0.25) is 24.5 Å². The molecule has 1 spiro atoms. The van der Waals surface area contributed by atoms with E-state index < -0.39 is 39.9 Å². The van der Waals surface area contributed by atoms with Gasteiger partial charge in [-0.15, -0.1) is 0 Å². The Hall–Kier alpha value is -3.55. The van der Waals surface area contributed by atoms with Gasteiger partial charge in [0.25, 0.3) is 11.5 Å². The third-order valence-electron chi connectivity index (χ3n) is 5.36. The summed E-state index contributed by atoms with van der Waals surface area (Å²) in [6.07, 6.45) is 0. The van der Waals surface area contributed by atoms with Crippen LogP contribution in [0.2, 0.25) is 0 Å². The fourth-order valence-electron chi connectivity index (χ4n) is 4.01. The van der Waals surface area contributed by atoms with E-state index in [1.807, 2.05) is 0 Å². The number of nitrogens with zero attached hydrogens (tertiary/aromatic N) is 1. The van der Waals surface area contributed by atoms with Gasteiger partial charge in [0.1, 0.15) is 0 Å². The lowest BCUT2D eigenvalue weighted by molar-refractivity contribution is -0.384. The van der Waals surface area contributed by atoms with E-state index in [0.29, 0.717) is 11.1 Å². The zero-order chi connectivity index (χ0) is 21.0. The van der Waals surface area contributed by atoms with E-state index in [-0.39, 0.29) is 11.5 Å². The number of nitro groups is 1. The topological polar surface area (TPSA) is 113 Å². The zero-order valence-electron chi connectivity index (χ0n) is 15.7. The molecule has 1 saturated carbocycles. The van der Waals surface area contributed by atoms with Gasteiger partial charge in [-0.05, 0) is 5.56 Å². The second kappa shape index (κ2) is 6.23. The number of carbonyl (C=O) groups excluding carboxylic acids is 3. The van der Waals surface area contributed by atoms with Crippen LogP contribution in [0.3, 0.4) is 0 Å². The summed E-state index contributed by atoms with van der Waals surface area (Å²) in [7, 11) is 0. The van der Waals surface area contributed by atoms with Gasteiger partial charge in [-0.2, -0.15) is 0 Å². The first-order valence-corrected chi connectivity index (χ1v) is 8.99. The standard InChI is InChI=1S/C21H17NO7/c1-20(2)28-18(24)21(19(25)29-20)15(12-8-10-14(11-9-12)22(26)27)16(21)17(23)13-6-4-3-5-7-13/h3-11,15-16H,1-2H3/t15-,16-/m0/s1. The molecule has 8 heteroatoms. The van der Waals surface area contributed by atoms with E-state index in [9.17, 15) is 24.5 Å². The number of nitro benzene ring substituents is 1. The lowest BCUT2D eigenvalue weighted by Gasteiger charge is -2.34. The van der Waals surface area contributed by atoms with Crippen molar-refractivity contribution >= 4 is 23.4 Å². The van der Waals surface area contributed by atoms with E-state index in [1.54, 1.807) is 30.3 Å².